The quantitative estimate of drug-likeness (QED) is 0.775. The number of rotatable bonds is 2. The average Bonchev–Trinajstić information content (AvgIpc) is 2.63. The predicted octanol–water partition coefficient (Wildman–Crippen LogP) is 2.13. The van der Waals surface area contributed by atoms with E-state index >= 15 is 0 Å². The number of piperidine rings is 1. The van der Waals surface area contributed by atoms with Crippen molar-refractivity contribution >= 4 is 23.5 Å². The van der Waals surface area contributed by atoms with Crippen LogP contribution < -0.4 is 10.1 Å². The Balaban J connectivity index is 1.30. The molecule has 3 amide bonds. The van der Waals surface area contributed by atoms with Gasteiger partial charge in [0.25, 0.3) is 0 Å². The molecule has 0 unspecified atom stereocenters. The van der Waals surface area contributed by atoms with E-state index in [4.69, 9.17) is 21.1 Å². The van der Waals surface area contributed by atoms with Crippen LogP contribution in [0.5, 0.6) is 5.75 Å². The first-order chi connectivity index (χ1) is 13.7. The lowest BCUT2D eigenvalue weighted by molar-refractivity contribution is -0.140. The fraction of sp³-hybridized carbons (Fsp3) is 0.556. The summed E-state index contributed by atoms with van der Waals surface area (Å²) in [6.45, 7) is 1.47. The van der Waals surface area contributed by atoms with Crippen LogP contribution in [0, 0.1) is 0 Å². The summed E-state index contributed by atoms with van der Waals surface area (Å²) in [6, 6.07) is 2.97. The predicted molar refractivity (Wildman–Crippen MR) is 95.7 cm³/mol. The molecule has 1 aromatic carbocycles. The van der Waals surface area contributed by atoms with E-state index in [9.17, 15) is 22.8 Å². The summed E-state index contributed by atoms with van der Waals surface area (Å²) in [5.74, 6) is -0.138. The van der Waals surface area contributed by atoms with Crippen LogP contribution in [0.4, 0.5) is 18.0 Å². The zero-order valence-corrected chi connectivity index (χ0v) is 16.0. The SMILES string of the molecule is O=C1CO[C@H]2CCN(C(=O)N3CC(Oc4ccc(Cl)c(C(F)(F)F)c4)C3)C[C@H]2N1. The number of amides is 3. The third-order valence-corrected chi connectivity index (χ3v) is 5.59. The highest BCUT2D eigenvalue weighted by atomic mass is 35.5. The first kappa shape index (κ1) is 20.1. The number of benzene rings is 1. The number of halogens is 4. The number of likely N-dealkylation sites (tertiary alicyclic amines) is 2. The minimum Gasteiger partial charge on any atom is -0.487 e. The minimum absolute atomic E-state index is 0.0427. The van der Waals surface area contributed by atoms with Crippen molar-refractivity contribution in [3.8, 4) is 5.75 Å². The molecular weight excluding hydrogens is 415 g/mol. The van der Waals surface area contributed by atoms with Gasteiger partial charge in [0.15, 0.2) is 0 Å². The summed E-state index contributed by atoms with van der Waals surface area (Å²) in [7, 11) is 0. The number of hydrogen-bond acceptors (Lipinski definition) is 4. The Bertz CT molecular complexity index is 816. The zero-order valence-electron chi connectivity index (χ0n) is 15.2. The third kappa shape index (κ3) is 4.23. The molecule has 7 nitrogen and oxygen atoms in total. The van der Waals surface area contributed by atoms with Crippen molar-refractivity contribution in [2.75, 3.05) is 32.8 Å². The lowest BCUT2D eigenvalue weighted by atomic mass is 10.0. The molecule has 0 aliphatic carbocycles. The largest absolute Gasteiger partial charge is 0.487 e. The van der Waals surface area contributed by atoms with Gasteiger partial charge in [-0.25, -0.2) is 4.79 Å². The summed E-state index contributed by atoms with van der Waals surface area (Å²) in [5, 5.41) is 2.45. The second kappa shape index (κ2) is 7.56. The van der Waals surface area contributed by atoms with Gasteiger partial charge in [-0.3, -0.25) is 4.79 Å². The summed E-state index contributed by atoms with van der Waals surface area (Å²) in [4.78, 5) is 27.3. The van der Waals surface area contributed by atoms with Gasteiger partial charge in [0.1, 0.15) is 18.5 Å². The third-order valence-electron chi connectivity index (χ3n) is 5.26. The van der Waals surface area contributed by atoms with Crippen molar-refractivity contribution in [2.24, 2.45) is 0 Å². The van der Waals surface area contributed by atoms with Crippen LogP contribution in [0.3, 0.4) is 0 Å². The van der Waals surface area contributed by atoms with Crippen LogP contribution in [0.2, 0.25) is 5.02 Å². The average molecular weight is 434 g/mol. The maximum atomic E-state index is 12.9. The van der Waals surface area contributed by atoms with Gasteiger partial charge in [0.05, 0.1) is 35.8 Å². The maximum absolute atomic E-state index is 12.9. The van der Waals surface area contributed by atoms with E-state index < -0.39 is 22.9 Å². The van der Waals surface area contributed by atoms with Crippen molar-refractivity contribution in [3.05, 3.63) is 28.8 Å². The van der Waals surface area contributed by atoms with Gasteiger partial charge in [-0.05, 0) is 24.6 Å². The smallest absolute Gasteiger partial charge is 0.417 e. The maximum Gasteiger partial charge on any atom is 0.417 e. The van der Waals surface area contributed by atoms with Crippen LogP contribution >= 0.6 is 11.6 Å². The Morgan fingerprint density at radius 2 is 2.00 bits per heavy atom. The molecule has 3 aliphatic rings. The van der Waals surface area contributed by atoms with Gasteiger partial charge >= 0.3 is 12.2 Å². The van der Waals surface area contributed by atoms with Crippen LogP contribution in [-0.2, 0) is 15.7 Å². The van der Waals surface area contributed by atoms with Gasteiger partial charge in [-0.15, -0.1) is 0 Å². The number of morpholine rings is 1. The monoisotopic (exact) mass is 433 g/mol. The van der Waals surface area contributed by atoms with Gasteiger partial charge in [-0.1, -0.05) is 11.6 Å². The van der Waals surface area contributed by atoms with Crippen LogP contribution in [0.25, 0.3) is 0 Å². The number of carbonyl (C=O) groups is 2. The summed E-state index contributed by atoms with van der Waals surface area (Å²) >= 11 is 5.60. The van der Waals surface area contributed by atoms with Gasteiger partial charge < -0.3 is 24.6 Å². The number of hydrogen-bond donors (Lipinski definition) is 1. The highest BCUT2D eigenvalue weighted by molar-refractivity contribution is 6.31. The van der Waals surface area contributed by atoms with E-state index in [2.05, 4.69) is 5.32 Å². The molecule has 158 valence electrons. The first-order valence-corrected chi connectivity index (χ1v) is 9.57. The molecule has 11 heteroatoms. The van der Waals surface area contributed by atoms with Crippen LogP contribution in [-0.4, -0.2) is 72.8 Å². The molecule has 1 N–H and O–H groups in total. The second-order valence-corrected chi connectivity index (χ2v) is 7.73. The normalized spacial score (nSPS) is 25.2. The van der Waals surface area contributed by atoms with Crippen molar-refractivity contribution in [2.45, 2.75) is 30.8 Å². The van der Waals surface area contributed by atoms with E-state index in [1.165, 1.54) is 6.07 Å². The molecule has 3 aliphatic heterocycles. The Kier molecular flexibility index (Phi) is 5.24. The van der Waals surface area contributed by atoms with E-state index in [-0.39, 0.29) is 49.5 Å². The lowest BCUT2D eigenvalue weighted by Crippen LogP contribution is -2.65. The molecule has 3 saturated heterocycles. The summed E-state index contributed by atoms with van der Waals surface area (Å²) < 4.78 is 49.9. The topological polar surface area (TPSA) is 71.1 Å². The summed E-state index contributed by atoms with van der Waals surface area (Å²) in [6.07, 6.45) is -4.41. The molecule has 0 bridgehead atoms. The fourth-order valence-electron chi connectivity index (χ4n) is 3.73. The van der Waals surface area contributed by atoms with Crippen LogP contribution in [0.15, 0.2) is 18.2 Å². The van der Waals surface area contributed by atoms with Crippen molar-refractivity contribution < 1.29 is 32.2 Å². The van der Waals surface area contributed by atoms with E-state index in [1.54, 1.807) is 9.80 Å². The molecule has 0 radical (unpaired) electrons. The number of fused-ring (bicyclic) bond motifs is 1. The molecule has 3 fully saturated rings. The first-order valence-electron chi connectivity index (χ1n) is 9.19. The Hall–Kier alpha value is -2.20. The molecule has 1 aromatic rings. The number of alkyl halides is 3. The zero-order chi connectivity index (χ0) is 20.8. The van der Waals surface area contributed by atoms with E-state index in [1.807, 2.05) is 0 Å². The number of carbonyl (C=O) groups excluding carboxylic acids is 2. The highest BCUT2D eigenvalue weighted by Gasteiger charge is 2.41. The fourth-order valence-corrected chi connectivity index (χ4v) is 3.95. The second-order valence-electron chi connectivity index (χ2n) is 7.32. The lowest BCUT2D eigenvalue weighted by Gasteiger charge is -2.45. The Morgan fingerprint density at radius 3 is 2.72 bits per heavy atom. The molecular formula is C18H19ClF3N3O4. The van der Waals surface area contributed by atoms with Crippen molar-refractivity contribution in [3.63, 3.8) is 0 Å². The van der Waals surface area contributed by atoms with Crippen LogP contribution in [0.1, 0.15) is 12.0 Å². The van der Waals surface area contributed by atoms with E-state index in [0.717, 1.165) is 12.1 Å². The molecule has 0 spiro atoms. The number of ether oxygens (including phenoxy) is 2. The van der Waals surface area contributed by atoms with Gasteiger partial charge in [0.2, 0.25) is 5.91 Å². The highest BCUT2D eigenvalue weighted by Crippen LogP contribution is 2.37. The van der Waals surface area contributed by atoms with Gasteiger partial charge in [-0.2, -0.15) is 13.2 Å². The summed E-state index contributed by atoms with van der Waals surface area (Å²) in [5.41, 5.74) is -0.955. The standard InChI is InChI=1S/C18H19ClF3N3O4/c19-13-2-1-10(5-12(13)18(20,21)22)29-11-6-25(7-11)17(27)24-4-3-15-14(8-24)23-16(26)9-28-15/h1-2,5,11,14-15H,3-4,6-9H2,(H,23,26)/t14-,15+/m1/s1. The molecule has 29 heavy (non-hydrogen) atoms. The van der Waals surface area contributed by atoms with Crippen molar-refractivity contribution in [1.29, 1.82) is 0 Å². The molecule has 4 rings (SSSR count). The molecule has 0 aromatic heterocycles. The Labute approximate surface area is 169 Å². The Morgan fingerprint density at radius 1 is 1.24 bits per heavy atom. The number of urea groups is 1. The van der Waals surface area contributed by atoms with Crippen molar-refractivity contribution in [1.82, 2.24) is 15.1 Å². The number of nitrogens with one attached hydrogen (secondary N) is 1. The molecule has 0 saturated carbocycles. The minimum atomic E-state index is -4.57. The van der Waals surface area contributed by atoms with E-state index in [0.29, 0.717) is 19.5 Å². The van der Waals surface area contributed by atoms with Gasteiger partial charge in [0, 0.05) is 13.1 Å². The number of nitrogens with zero attached hydrogens (tertiary/aromatic N) is 2. The molecule has 2 atom stereocenters. The molecule has 3 heterocycles.